The summed E-state index contributed by atoms with van der Waals surface area (Å²) in [5.74, 6) is -0.691. The van der Waals surface area contributed by atoms with Gasteiger partial charge in [-0.15, -0.1) is 0 Å². The smallest absolute Gasteiger partial charge is 0.323 e. The van der Waals surface area contributed by atoms with E-state index in [1.54, 1.807) is 19.1 Å². The molecule has 0 spiro atoms. The Hall–Kier alpha value is -1.17. The molecule has 1 aromatic rings. The molecule has 1 saturated heterocycles. The van der Waals surface area contributed by atoms with Crippen LogP contribution in [0.2, 0.25) is 5.02 Å². The molecule has 0 N–H and O–H groups in total. The summed E-state index contributed by atoms with van der Waals surface area (Å²) < 4.78 is 24.0. The molecule has 1 aliphatic rings. The van der Waals surface area contributed by atoms with Gasteiger partial charge < -0.3 is 9.47 Å². The zero-order chi connectivity index (χ0) is 15.4. The minimum atomic E-state index is -0.451. The molecule has 116 valence electrons. The van der Waals surface area contributed by atoms with E-state index < -0.39 is 5.82 Å². The topological polar surface area (TPSA) is 38.8 Å². The fourth-order valence-electron chi connectivity index (χ4n) is 2.35. The molecular weight excluding hydrogens is 297 g/mol. The molecule has 0 bridgehead atoms. The number of hydrogen-bond acceptors (Lipinski definition) is 4. The van der Waals surface area contributed by atoms with Crippen molar-refractivity contribution >= 4 is 17.6 Å². The highest BCUT2D eigenvalue weighted by Crippen LogP contribution is 2.27. The van der Waals surface area contributed by atoms with Gasteiger partial charge in [0.05, 0.1) is 24.3 Å². The average Bonchev–Trinajstić information content (AvgIpc) is 2.49. The maximum Gasteiger partial charge on any atom is 0.323 e. The Morgan fingerprint density at radius 1 is 1.62 bits per heavy atom. The van der Waals surface area contributed by atoms with Crippen LogP contribution in [0, 0.1) is 5.82 Å². The zero-order valence-electron chi connectivity index (χ0n) is 12.1. The van der Waals surface area contributed by atoms with Gasteiger partial charge in [-0.3, -0.25) is 9.69 Å². The summed E-state index contributed by atoms with van der Waals surface area (Å²) in [6, 6.07) is 4.23. The lowest BCUT2D eigenvalue weighted by atomic mass is 10.1. The van der Waals surface area contributed by atoms with Gasteiger partial charge in [-0.05, 0) is 31.5 Å². The SMILES string of the molecule is CCOC(=O)C(C)N1CCOC(c2ccc(F)c(Cl)c2)C1. The van der Waals surface area contributed by atoms with E-state index in [9.17, 15) is 9.18 Å². The third kappa shape index (κ3) is 3.93. The molecule has 1 aromatic carbocycles. The molecule has 6 heteroatoms. The molecule has 0 saturated carbocycles. The minimum Gasteiger partial charge on any atom is -0.465 e. The van der Waals surface area contributed by atoms with E-state index >= 15 is 0 Å². The van der Waals surface area contributed by atoms with Crippen molar-refractivity contribution in [2.24, 2.45) is 0 Å². The van der Waals surface area contributed by atoms with Crippen molar-refractivity contribution in [3.8, 4) is 0 Å². The van der Waals surface area contributed by atoms with Crippen molar-refractivity contribution in [2.75, 3.05) is 26.3 Å². The molecular formula is C15H19ClFNO3. The lowest BCUT2D eigenvalue weighted by Crippen LogP contribution is -2.47. The number of benzene rings is 1. The van der Waals surface area contributed by atoms with Crippen LogP contribution >= 0.6 is 11.6 Å². The Morgan fingerprint density at radius 2 is 2.38 bits per heavy atom. The molecule has 1 fully saturated rings. The normalized spacial score (nSPS) is 21.0. The van der Waals surface area contributed by atoms with Gasteiger partial charge in [0.25, 0.3) is 0 Å². The number of esters is 1. The third-order valence-corrected chi connectivity index (χ3v) is 3.88. The number of nitrogens with zero attached hydrogens (tertiary/aromatic N) is 1. The van der Waals surface area contributed by atoms with Gasteiger partial charge in [-0.1, -0.05) is 17.7 Å². The second-order valence-electron chi connectivity index (χ2n) is 4.96. The number of carbonyl (C=O) groups excluding carboxylic acids is 1. The van der Waals surface area contributed by atoms with Gasteiger partial charge in [0.2, 0.25) is 0 Å². The van der Waals surface area contributed by atoms with E-state index in [1.165, 1.54) is 6.07 Å². The van der Waals surface area contributed by atoms with Crippen LogP contribution in [0.5, 0.6) is 0 Å². The van der Waals surface area contributed by atoms with E-state index in [2.05, 4.69) is 0 Å². The van der Waals surface area contributed by atoms with Crippen molar-refractivity contribution in [1.29, 1.82) is 0 Å². The Kier molecular flexibility index (Phi) is 5.56. The number of hydrogen-bond donors (Lipinski definition) is 0. The molecule has 21 heavy (non-hydrogen) atoms. The number of halogens is 2. The lowest BCUT2D eigenvalue weighted by molar-refractivity contribution is -0.152. The van der Waals surface area contributed by atoms with Crippen molar-refractivity contribution in [2.45, 2.75) is 26.0 Å². The maximum absolute atomic E-state index is 13.2. The summed E-state index contributed by atoms with van der Waals surface area (Å²) in [5, 5.41) is 0.0756. The first-order valence-corrected chi connectivity index (χ1v) is 7.38. The second-order valence-corrected chi connectivity index (χ2v) is 5.36. The van der Waals surface area contributed by atoms with E-state index in [0.717, 1.165) is 5.56 Å². The molecule has 1 aliphatic heterocycles. The Morgan fingerprint density at radius 3 is 3.05 bits per heavy atom. The van der Waals surface area contributed by atoms with Crippen molar-refractivity contribution in [3.05, 3.63) is 34.6 Å². The van der Waals surface area contributed by atoms with Crippen molar-refractivity contribution < 1.29 is 18.7 Å². The molecule has 0 radical (unpaired) electrons. The number of rotatable bonds is 4. The Balaban J connectivity index is 2.06. The van der Waals surface area contributed by atoms with Crippen LogP contribution in [-0.4, -0.2) is 43.2 Å². The predicted molar refractivity (Wildman–Crippen MR) is 77.8 cm³/mol. The van der Waals surface area contributed by atoms with E-state index in [1.807, 2.05) is 11.8 Å². The van der Waals surface area contributed by atoms with Crippen LogP contribution < -0.4 is 0 Å². The van der Waals surface area contributed by atoms with Gasteiger partial charge in [0.1, 0.15) is 11.9 Å². The summed E-state index contributed by atoms with van der Waals surface area (Å²) in [6.07, 6.45) is -0.228. The lowest BCUT2D eigenvalue weighted by Gasteiger charge is -2.35. The van der Waals surface area contributed by atoms with Gasteiger partial charge >= 0.3 is 5.97 Å². The molecule has 2 atom stereocenters. The maximum atomic E-state index is 13.2. The summed E-state index contributed by atoms with van der Waals surface area (Å²) in [6.45, 7) is 5.67. The first-order valence-electron chi connectivity index (χ1n) is 7.00. The summed E-state index contributed by atoms with van der Waals surface area (Å²) in [7, 11) is 0. The van der Waals surface area contributed by atoms with Crippen LogP contribution in [0.1, 0.15) is 25.5 Å². The van der Waals surface area contributed by atoms with Crippen molar-refractivity contribution in [3.63, 3.8) is 0 Å². The summed E-state index contributed by atoms with van der Waals surface area (Å²) in [5.41, 5.74) is 0.808. The van der Waals surface area contributed by atoms with Gasteiger partial charge in [0.15, 0.2) is 0 Å². The largest absolute Gasteiger partial charge is 0.465 e. The zero-order valence-corrected chi connectivity index (χ0v) is 12.9. The highest BCUT2D eigenvalue weighted by Gasteiger charge is 2.29. The van der Waals surface area contributed by atoms with Crippen molar-refractivity contribution in [1.82, 2.24) is 4.90 Å². The molecule has 0 aliphatic carbocycles. The Labute approximate surface area is 128 Å². The second kappa shape index (κ2) is 7.20. The molecule has 1 heterocycles. The quantitative estimate of drug-likeness (QED) is 0.801. The summed E-state index contributed by atoms with van der Waals surface area (Å²) >= 11 is 5.81. The Bertz CT molecular complexity index is 512. The summed E-state index contributed by atoms with van der Waals surface area (Å²) in [4.78, 5) is 13.8. The fourth-order valence-corrected chi connectivity index (χ4v) is 2.54. The van der Waals surface area contributed by atoms with Crippen LogP contribution in [0.15, 0.2) is 18.2 Å². The number of ether oxygens (including phenoxy) is 2. The standard InChI is InChI=1S/C15H19ClFNO3/c1-3-20-15(19)10(2)18-6-7-21-14(9-18)11-4-5-13(17)12(16)8-11/h4-5,8,10,14H,3,6-7,9H2,1-2H3. The van der Waals surface area contributed by atoms with E-state index in [0.29, 0.717) is 26.3 Å². The highest BCUT2D eigenvalue weighted by molar-refractivity contribution is 6.30. The average molecular weight is 316 g/mol. The molecule has 2 rings (SSSR count). The molecule has 0 amide bonds. The van der Waals surface area contributed by atoms with E-state index in [-0.39, 0.29) is 23.1 Å². The van der Waals surface area contributed by atoms with Crippen LogP contribution in [-0.2, 0) is 14.3 Å². The van der Waals surface area contributed by atoms with Gasteiger partial charge in [-0.25, -0.2) is 4.39 Å². The molecule has 4 nitrogen and oxygen atoms in total. The van der Waals surface area contributed by atoms with Crippen LogP contribution in [0.3, 0.4) is 0 Å². The van der Waals surface area contributed by atoms with Gasteiger partial charge in [0, 0.05) is 13.1 Å². The number of carbonyl (C=O) groups is 1. The monoisotopic (exact) mass is 315 g/mol. The molecule has 2 unspecified atom stereocenters. The van der Waals surface area contributed by atoms with Crippen LogP contribution in [0.25, 0.3) is 0 Å². The molecule has 0 aromatic heterocycles. The van der Waals surface area contributed by atoms with Crippen LogP contribution in [0.4, 0.5) is 4.39 Å². The third-order valence-electron chi connectivity index (χ3n) is 3.59. The minimum absolute atomic E-state index is 0.0756. The predicted octanol–water partition coefficient (Wildman–Crippen LogP) is 2.80. The number of morpholine rings is 1. The fraction of sp³-hybridized carbons (Fsp3) is 0.533. The van der Waals surface area contributed by atoms with E-state index in [4.69, 9.17) is 21.1 Å². The first-order chi connectivity index (χ1) is 10.0. The van der Waals surface area contributed by atoms with Gasteiger partial charge in [-0.2, -0.15) is 0 Å². The first kappa shape index (κ1) is 16.2. The highest BCUT2D eigenvalue weighted by atomic mass is 35.5.